The van der Waals surface area contributed by atoms with E-state index in [2.05, 4.69) is 0 Å². The van der Waals surface area contributed by atoms with E-state index >= 15 is 0 Å². The summed E-state index contributed by atoms with van der Waals surface area (Å²) in [6.45, 7) is 0.126. The molecular weight excluding hydrogens is 224 g/mol. The first-order chi connectivity index (χ1) is 8.09. The van der Waals surface area contributed by atoms with Crippen LogP contribution in [0.15, 0.2) is 30.3 Å². The highest BCUT2D eigenvalue weighted by atomic mass is 16.5. The highest BCUT2D eigenvalue weighted by Gasteiger charge is 2.14. The van der Waals surface area contributed by atoms with E-state index in [1.54, 1.807) is 12.1 Å². The van der Waals surface area contributed by atoms with Crippen molar-refractivity contribution in [1.29, 1.82) is 0 Å². The number of aliphatic carboxylic acids is 1. The molecule has 0 heterocycles. The molecule has 0 saturated carbocycles. The van der Waals surface area contributed by atoms with Crippen molar-refractivity contribution in [1.82, 2.24) is 0 Å². The van der Waals surface area contributed by atoms with Crippen molar-refractivity contribution in [3.05, 3.63) is 35.9 Å². The Hall–Kier alpha value is -2.17. The second-order valence-corrected chi connectivity index (χ2v) is 3.37. The molecular formula is C12H12O5. The fraction of sp³-hybridized carbons (Fsp3) is 0.250. The number of carbonyl (C=O) groups is 3. The molecule has 0 fully saturated rings. The Kier molecular flexibility index (Phi) is 4.87. The zero-order valence-electron chi connectivity index (χ0n) is 9.09. The predicted molar refractivity (Wildman–Crippen MR) is 58.1 cm³/mol. The van der Waals surface area contributed by atoms with Crippen molar-refractivity contribution >= 4 is 17.7 Å². The van der Waals surface area contributed by atoms with Gasteiger partial charge in [-0.3, -0.25) is 9.59 Å². The van der Waals surface area contributed by atoms with Crippen LogP contribution in [0.1, 0.15) is 18.4 Å². The minimum atomic E-state index is -1.53. The van der Waals surface area contributed by atoms with Crippen LogP contribution in [0.25, 0.3) is 0 Å². The molecule has 0 aliphatic carbocycles. The molecule has 0 aliphatic rings. The van der Waals surface area contributed by atoms with E-state index in [4.69, 9.17) is 9.84 Å². The normalized spacial score (nSPS) is 9.65. The monoisotopic (exact) mass is 236 g/mol. The minimum Gasteiger partial charge on any atom is -0.476 e. The summed E-state index contributed by atoms with van der Waals surface area (Å²) in [5.74, 6) is -3.09. The molecule has 0 bridgehead atoms. The Morgan fingerprint density at radius 1 is 1.06 bits per heavy atom. The SMILES string of the molecule is O=C(CCC(=O)C(=O)O)OCc1ccccc1. The van der Waals surface area contributed by atoms with Gasteiger partial charge < -0.3 is 9.84 Å². The minimum absolute atomic E-state index is 0.126. The summed E-state index contributed by atoms with van der Waals surface area (Å²) in [5.41, 5.74) is 0.838. The number of esters is 1. The number of carboxylic acid groups (broad SMARTS) is 1. The number of carbonyl (C=O) groups excluding carboxylic acids is 2. The van der Waals surface area contributed by atoms with Gasteiger partial charge in [-0.05, 0) is 5.56 Å². The average Bonchev–Trinajstić information content (AvgIpc) is 2.34. The molecule has 0 saturated heterocycles. The van der Waals surface area contributed by atoms with Gasteiger partial charge in [0.05, 0.1) is 6.42 Å². The summed E-state index contributed by atoms with van der Waals surface area (Å²) in [6.07, 6.45) is -0.541. The van der Waals surface area contributed by atoms with E-state index in [-0.39, 0.29) is 19.4 Å². The maximum absolute atomic E-state index is 11.2. The molecule has 0 aliphatic heterocycles. The van der Waals surface area contributed by atoms with Crippen LogP contribution in [0, 0.1) is 0 Å². The van der Waals surface area contributed by atoms with Crippen molar-refractivity contribution < 1.29 is 24.2 Å². The maximum Gasteiger partial charge on any atom is 0.372 e. The fourth-order valence-corrected chi connectivity index (χ4v) is 1.13. The van der Waals surface area contributed by atoms with Gasteiger partial charge in [0.1, 0.15) is 6.61 Å². The third kappa shape index (κ3) is 4.92. The lowest BCUT2D eigenvalue weighted by atomic mass is 10.2. The lowest BCUT2D eigenvalue weighted by molar-refractivity contribution is -0.151. The average molecular weight is 236 g/mol. The van der Waals surface area contributed by atoms with Gasteiger partial charge in [0, 0.05) is 6.42 Å². The van der Waals surface area contributed by atoms with Gasteiger partial charge >= 0.3 is 11.9 Å². The van der Waals surface area contributed by atoms with Crippen LogP contribution in [0.5, 0.6) is 0 Å². The van der Waals surface area contributed by atoms with E-state index in [0.29, 0.717) is 0 Å². The standard InChI is InChI=1S/C12H12O5/c13-10(12(15)16)6-7-11(14)17-8-9-4-2-1-3-5-9/h1-5H,6-8H2,(H,15,16). The van der Waals surface area contributed by atoms with E-state index in [9.17, 15) is 14.4 Å². The Labute approximate surface area is 98.0 Å². The number of benzene rings is 1. The molecule has 0 atom stereocenters. The second-order valence-electron chi connectivity index (χ2n) is 3.37. The molecule has 5 heteroatoms. The molecule has 0 amide bonds. The summed E-state index contributed by atoms with van der Waals surface area (Å²) >= 11 is 0. The molecule has 1 N–H and O–H groups in total. The number of hydrogen-bond acceptors (Lipinski definition) is 4. The summed E-state index contributed by atoms with van der Waals surface area (Å²) in [6, 6.07) is 9.08. The molecule has 0 aromatic heterocycles. The van der Waals surface area contributed by atoms with Crippen LogP contribution in [-0.2, 0) is 25.7 Å². The summed E-state index contributed by atoms with van der Waals surface area (Å²) in [5, 5.41) is 8.30. The van der Waals surface area contributed by atoms with Crippen LogP contribution in [0.4, 0.5) is 0 Å². The Balaban J connectivity index is 2.27. The van der Waals surface area contributed by atoms with E-state index in [0.717, 1.165) is 5.56 Å². The Bertz CT molecular complexity index is 410. The van der Waals surface area contributed by atoms with Crippen LogP contribution < -0.4 is 0 Å². The second kappa shape index (κ2) is 6.42. The van der Waals surface area contributed by atoms with E-state index in [1.165, 1.54) is 0 Å². The van der Waals surface area contributed by atoms with Crippen molar-refractivity contribution in [3.63, 3.8) is 0 Å². The molecule has 1 rings (SSSR count). The number of hydrogen-bond donors (Lipinski definition) is 1. The molecule has 0 radical (unpaired) electrons. The first-order valence-electron chi connectivity index (χ1n) is 5.05. The fourth-order valence-electron chi connectivity index (χ4n) is 1.13. The first kappa shape index (κ1) is 12.9. The molecule has 1 aromatic carbocycles. The van der Waals surface area contributed by atoms with Gasteiger partial charge in [-0.25, -0.2) is 4.79 Å². The van der Waals surface area contributed by atoms with Gasteiger partial charge in [-0.15, -0.1) is 0 Å². The molecule has 17 heavy (non-hydrogen) atoms. The number of ketones is 1. The number of Topliss-reactive ketones (excluding diaryl/α,β-unsaturated/α-hetero) is 1. The summed E-state index contributed by atoms with van der Waals surface area (Å²) in [4.78, 5) is 32.1. The van der Waals surface area contributed by atoms with Gasteiger partial charge in [-0.2, -0.15) is 0 Å². The lowest BCUT2D eigenvalue weighted by Gasteiger charge is -2.03. The molecule has 1 aromatic rings. The third-order valence-corrected chi connectivity index (χ3v) is 2.04. The molecule has 5 nitrogen and oxygen atoms in total. The van der Waals surface area contributed by atoms with Crippen LogP contribution in [0.3, 0.4) is 0 Å². The zero-order chi connectivity index (χ0) is 12.7. The maximum atomic E-state index is 11.2. The quantitative estimate of drug-likeness (QED) is 0.592. The molecule has 90 valence electrons. The van der Waals surface area contributed by atoms with Gasteiger partial charge in [0.15, 0.2) is 0 Å². The number of carboxylic acids is 1. The predicted octanol–water partition coefficient (Wildman–Crippen LogP) is 1.16. The third-order valence-electron chi connectivity index (χ3n) is 2.04. The molecule has 0 spiro atoms. The summed E-state index contributed by atoms with van der Waals surface area (Å²) < 4.78 is 4.87. The van der Waals surface area contributed by atoms with Crippen molar-refractivity contribution in [3.8, 4) is 0 Å². The number of rotatable bonds is 6. The van der Waals surface area contributed by atoms with Gasteiger partial charge in [0.25, 0.3) is 0 Å². The molecule has 0 unspecified atom stereocenters. The van der Waals surface area contributed by atoms with Crippen molar-refractivity contribution in [2.75, 3.05) is 0 Å². The van der Waals surface area contributed by atoms with Crippen LogP contribution in [0.2, 0.25) is 0 Å². The van der Waals surface area contributed by atoms with Crippen molar-refractivity contribution in [2.45, 2.75) is 19.4 Å². The Morgan fingerprint density at radius 2 is 1.71 bits per heavy atom. The van der Waals surface area contributed by atoms with Gasteiger partial charge in [-0.1, -0.05) is 30.3 Å². The highest BCUT2D eigenvalue weighted by Crippen LogP contribution is 2.02. The first-order valence-corrected chi connectivity index (χ1v) is 5.05. The largest absolute Gasteiger partial charge is 0.476 e. The highest BCUT2D eigenvalue weighted by molar-refractivity contribution is 6.32. The zero-order valence-corrected chi connectivity index (χ0v) is 9.09. The topological polar surface area (TPSA) is 80.7 Å². The van der Waals surface area contributed by atoms with Crippen molar-refractivity contribution in [2.24, 2.45) is 0 Å². The van der Waals surface area contributed by atoms with Crippen LogP contribution in [-0.4, -0.2) is 22.8 Å². The van der Waals surface area contributed by atoms with E-state index in [1.807, 2.05) is 18.2 Å². The number of ether oxygens (including phenoxy) is 1. The van der Waals surface area contributed by atoms with Crippen LogP contribution >= 0.6 is 0 Å². The van der Waals surface area contributed by atoms with E-state index < -0.39 is 17.7 Å². The Morgan fingerprint density at radius 3 is 2.29 bits per heavy atom. The smallest absolute Gasteiger partial charge is 0.372 e. The summed E-state index contributed by atoms with van der Waals surface area (Å²) in [7, 11) is 0. The van der Waals surface area contributed by atoms with Gasteiger partial charge in [0.2, 0.25) is 5.78 Å². The lowest BCUT2D eigenvalue weighted by Crippen LogP contribution is -2.15.